The van der Waals surface area contributed by atoms with Crippen molar-refractivity contribution in [3.8, 4) is 11.8 Å². The number of nitrogens with zero attached hydrogens (tertiary/aromatic N) is 3. The number of rotatable bonds is 5. The largest absolute Gasteiger partial charge is 0.481 e. The third-order valence-electron chi connectivity index (χ3n) is 4.03. The number of aromatic nitrogens is 3. The van der Waals surface area contributed by atoms with E-state index in [4.69, 9.17) is 9.47 Å². The molecule has 0 bridgehead atoms. The lowest BCUT2D eigenvalue weighted by Crippen LogP contribution is -2.35. The van der Waals surface area contributed by atoms with E-state index in [1.54, 1.807) is 14.2 Å². The Hall–Kier alpha value is -2.06. The fraction of sp³-hybridized carbons (Fsp3) is 0.438. The maximum Gasteiger partial charge on any atom is 0.256 e. The number of H-pyrrole nitrogens is 1. The lowest BCUT2D eigenvalue weighted by molar-refractivity contribution is 0.235. The van der Waals surface area contributed by atoms with Gasteiger partial charge in [0, 0.05) is 37.7 Å². The lowest BCUT2D eigenvalue weighted by Gasteiger charge is -2.28. The second-order valence-corrected chi connectivity index (χ2v) is 6.28. The SMILES string of the molecule is COc1ccc(CN2CCc3nc(SC)[nH]c(=O)c3C2)c(OC)n1. The summed E-state index contributed by atoms with van der Waals surface area (Å²) in [4.78, 5) is 26.1. The van der Waals surface area contributed by atoms with Gasteiger partial charge in [0.25, 0.3) is 5.56 Å². The van der Waals surface area contributed by atoms with Gasteiger partial charge in [0.2, 0.25) is 11.8 Å². The third kappa shape index (κ3) is 3.39. The summed E-state index contributed by atoms with van der Waals surface area (Å²) in [7, 11) is 3.17. The molecule has 0 saturated carbocycles. The van der Waals surface area contributed by atoms with Crippen LogP contribution in [0.2, 0.25) is 0 Å². The van der Waals surface area contributed by atoms with Gasteiger partial charge in [-0.2, -0.15) is 4.98 Å². The van der Waals surface area contributed by atoms with E-state index in [1.807, 2.05) is 18.4 Å². The number of aromatic amines is 1. The molecule has 24 heavy (non-hydrogen) atoms. The number of thioether (sulfide) groups is 1. The fourth-order valence-electron chi connectivity index (χ4n) is 2.79. The zero-order chi connectivity index (χ0) is 17.1. The van der Waals surface area contributed by atoms with E-state index in [1.165, 1.54) is 11.8 Å². The van der Waals surface area contributed by atoms with Crippen LogP contribution in [0.5, 0.6) is 11.8 Å². The standard InChI is InChI=1S/C16H20N4O3S/c1-22-13-5-4-10(15(18-13)23-2)8-20-7-6-12-11(9-20)14(21)19-16(17-12)24-3/h4-5H,6-9H2,1-3H3,(H,17,19,21). The highest BCUT2D eigenvalue weighted by Crippen LogP contribution is 2.24. The van der Waals surface area contributed by atoms with Crippen LogP contribution in [0.4, 0.5) is 0 Å². The van der Waals surface area contributed by atoms with E-state index >= 15 is 0 Å². The summed E-state index contributed by atoms with van der Waals surface area (Å²) in [6, 6.07) is 3.76. The fourth-order valence-corrected chi connectivity index (χ4v) is 3.19. The number of pyridine rings is 1. The summed E-state index contributed by atoms with van der Waals surface area (Å²) in [5, 5.41) is 0.674. The minimum atomic E-state index is -0.0473. The number of methoxy groups -OCH3 is 2. The predicted octanol–water partition coefficient (Wildman–Crippen LogP) is 1.46. The third-order valence-corrected chi connectivity index (χ3v) is 4.61. The molecule has 1 aliphatic heterocycles. The summed E-state index contributed by atoms with van der Waals surface area (Å²) < 4.78 is 10.5. The molecule has 0 fully saturated rings. The van der Waals surface area contributed by atoms with Crippen LogP contribution in [0.1, 0.15) is 16.8 Å². The number of hydrogen-bond acceptors (Lipinski definition) is 7. The van der Waals surface area contributed by atoms with Crippen LogP contribution in [0, 0.1) is 0 Å². The zero-order valence-corrected chi connectivity index (χ0v) is 14.8. The van der Waals surface area contributed by atoms with E-state index in [2.05, 4.69) is 19.9 Å². The Morgan fingerprint density at radius 2 is 2.12 bits per heavy atom. The first kappa shape index (κ1) is 16.8. The predicted molar refractivity (Wildman–Crippen MR) is 91.8 cm³/mol. The van der Waals surface area contributed by atoms with Crippen molar-refractivity contribution >= 4 is 11.8 Å². The van der Waals surface area contributed by atoms with Crippen molar-refractivity contribution in [2.75, 3.05) is 27.0 Å². The van der Waals surface area contributed by atoms with E-state index in [-0.39, 0.29) is 5.56 Å². The molecule has 7 nitrogen and oxygen atoms in total. The van der Waals surface area contributed by atoms with E-state index < -0.39 is 0 Å². The van der Waals surface area contributed by atoms with Gasteiger partial charge in [-0.15, -0.1) is 0 Å². The van der Waals surface area contributed by atoms with Crippen LogP contribution in [0.25, 0.3) is 0 Å². The van der Waals surface area contributed by atoms with Gasteiger partial charge in [-0.25, -0.2) is 4.98 Å². The second kappa shape index (κ2) is 7.23. The van der Waals surface area contributed by atoms with Crippen LogP contribution >= 0.6 is 11.8 Å². The van der Waals surface area contributed by atoms with E-state index in [9.17, 15) is 4.79 Å². The van der Waals surface area contributed by atoms with Gasteiger partial charge >= 0.3 is 0 Å². The molecule has 3 rings (SSSR count). The van der Waals surface area contributed by atoms with Gasteiger partial charge in [-0.1, -0.05) is 11.8 Å². The maximum absolute atomic E-state index is 12.3. The Morgan fingerprint density at radius 3 is 2.83 bits per heavy atom. The average Bonchev–Trinajstić information content (AvgIpc) is 2.62. The van der Waals surface area contributed by atoms with Crippen molar-refractivity contribution in [2.24, 2.45) is 0 Å². The van der Waals surface area contributed by atoms with Crippen LogP contribution in [0.3, 0.4) is 0 Å². The monoisotopic (exact) mass is 348 g/mol. The molecule has 1 N–H and O–H groups in total. The van der Waals surface area contributed by atoms with Crippen molar-refractivity contribution in [1.29, 1.82) is 0 Å². The Morgan fingerprint density at radius 1 is 1.29 bits per heavy atom. The van der Waals surface area contributed by atoms with Gasteiger partial charge in [0.05, 0.1) is 25.5 Å². The van der Waals surface area contributed by atoms with Crippen LogP contribution in [0.15, 0.2) is 22.1 Å². The van der Waals surface area contributed by atoms with Gasteiger partial charge in [0.15, 0.2) is 5.16 Å². The molecule has 2 aromatic rings. The highest BCUT2D eigenvalue weighted by Gasteiger charge is 2.22. The zero-order valence-electron chi connectivity index (χ0n) is 14.0. The van der Waals surface area contributed by atoms with Gasteiger partial charge in [-0.3, -0.25) is 9.69 Å². The number of ether oxygens (including phenoxy) is 2. The molecule has 0 saturated heterocycles. The molecule has 1 aliphatic rings. The molecule has 0 aliphatic carbocycles. The molecule has 0 unspecified atom stereocenters. The Kier molecular flexibility index (Phi) is 5.06. The molecule has 2 aromatic heterocycles. The van der Waals surface area contributed by atoms with Crippen molar-refractivity contribution in [2.45, 2.75) is 24.7 Å². The van der Waals surface area contributed by atoms with Crippen LogP contribution in [-0.2, 0) is 19.5 Å². The highest BCUT2D eigenvalue weighted by atomic mass is 32.2. The second-order valence-electron chi connectivity index (χ2n) is 5.48. The Labute approximate surface area is 144 Å². The molecular weight excluding hydrogens is 328 g/mol. The van der Waals surface area contributed by atoms with E-state index in [0.717, 1.165) is 29.8 Å². The van der Waals surface area contributed by atoms with Crippen molar-refractivity contribution in [3.63, 3.8) is 0 Å². The van der Waals surface area contributed by atoms with Gasteiger partial charge in [0.1, 0.15) is 0 Å². The maximum atomic E-state index is 12.3. The molecule has 0 spiro atoms. The molecule has 0 atom stereocenters. The first-order valence-corrected chi connectivity index (χ1v) is 8.83. The topological polar surface area (TPSA) is 80.3 Å². The molecule has 0 radical (unpaired) electrons. The number of fused-ring (bicyclic) bond motifs is 1. The van der Waals surface area contributed by atoms with Gasteiger partial charge in [-0.05, 0) is 12.3 Å². The first-order valence-electron chi connectivity index (χ1n) is 7.61. The average molecular weight is 348 g/mol. The minimum absolute atomic E-state index is 0.0473. The van der Waals surface area contributed by atoms with Gasteiger partial charge < -0.3 is 14.5 Å². The molecular formula is C16H20N4O3S. The quantitative estimate of drug-likeness (QED) is 0.647. The summed E-state index contributed by atoms with van der Waals surface area (Å²) in [6.45, 7) is 2.07. The number of nitrogens with one attached hydrogen (secondary N) is 1. The van der Waals surface area contributed by atoms with Crippen molar-refractivity contribution < 1.29 is 9.47 Å². The normalized spacial score (nSPS) is 14.3. The Balaban J connectivity index is 1.80. The lowest BCUT2D eigenvalue weighted by atomic mass is 10.1. The molecule has 8 heteroatoms. The molecule has 0 aromatic carbocycles. The summed E-state index contributed by atoms with van der Waals surface area (Å²) in [6.07, 6.45) is 2.67. The van der Waals surface area contributed by atoms with Crippen LogP contribution in [-0.4, -0.2) is 46.9 Å². The van der Waals surface area contributed by atoms with E-state index in [0.29, 0.717) is 30.0 Å². The van der Waals surface area contributed by atoms with Crippen LogP contribution < -0.4 is 15.0 Å². The molecule has 128 valence electrons. The Bertz CT molecular complexity index is 793. The minimum Gasteiger partial charge on any atom is -0.481 e. The number of hydrogen-bond donors (Lipinski definition) is 1. The molecule has 3 heterocycles. The summed E-state index contributed by atoms with van der Waals surface area (Å²) >= 11 is 1.45. The van der Waals surface area contributed by atoms with Crippen molar-refractivity contribution in [1.82, 2.24) is 19.9 Å². The molecule has 0 amide bonds. The smallest absolute Gasteiger partial charge is 0.256 e. The summed E-state index contributed by atoms with van der Waals surface area (Å²) in [5.41, 5.74) is 2.57. The van der Waals surface area contributed by atoms with Crippen molar-refractivity contribution in [3.05, 3.63) is 39.3 Å². The highest BCUT2D eigenvalue weighted by molar-refractivity contribution is 7.98. The summed E-state index contributed by atoms with van der Waals surface area (Å²) in [5.74, 6) is 1.06. The first-order chi connectivity index (χ1) is 11.6.